The van der Waals surface area contributed by atoms with Crippen molar-refractivity contribution in [3.8, 4) is 0 Å². The maximum Gasteiger partial charge on any atom is 0.0755 e. The Morgan fingerprint density at radius 2 is 1.80 bits per heavy atom. The first kappa shape index (κ1) is 13.9. The number of hydrogen-bond donors (Lipinski definition) is 1. The van der Waals surface area contributed by atoms with Crippen LogP contribution in [0.15, 0.2) is 24.3 Å². The second-order valence-electron chi connectivity index (χ2n) is 6.55. The molecule has 0 aromatic heterocycles. The highest BCUT2D eigenvalue weighted by Gasteiger charge is 2.33. The number of ether oxygens (including phenoxy) is 1. The highest BCUT2D eigenvalue weighted by molar-refractivity contribution is 5.48. The first-order valence-corrected chi connectivity index (χ1v) is 7.91. The second-order valence-corrected chi connectivity index (χ2v) is 6.55. The van der Waals surface area contributed by atoms with Crippen molar-refractivity contribution in [3.05, 3.63) is 29.8 Å². The van der Waals surface area contributed by atoms with Crippen molar-refractivity contribution in [2.75, 3.05) is 24.5 Å². The quantitative estimate of drug-likeness (QED) is 0.893. The molecule has 2 heterocycles. The van der Waals surface area contributed by atoms with E-state index in [-0.39, 0.29) is 0 Å². The molecular weight excluding hydrogens is 248 g/mol. The molecule has 3 rings (SSSR count). The van der Waals surface area contributed by atoms with E-state index in [1.54, 1.807) is 0 Å². The van der Waals surface area contributed by atoms with Crippen LogP contribution in [0, 0.1) is 5.92 Å². The molecule has 2 atom stereocenters. The Hall–Kier alpha value is -1.06. The van der Waals surface area contributed by atoms with Gasteiger partial charge in [-0.25, -0.2) is 0 Å². The monoisotopic (exact) mass is 274 g/mol. The summed E-state index contributed by atoms with van der Waals surface area (Å²) in [6.07, 6.45) is 3.39. The van der Waals surface area contributed by atoms with E-state index in [1.807, 2.05) is 0 Å². The minimum Gasteiger partial charge on any atom is -0.371 e. The minimum absolute atomic E-state index is 0.459. The van der Waals surface area contributed by atoms with Crippen LogP contribution in [0.4, 0.5) is 5.69 Å². The summed E-state index contributed by atoms with van der Waals surface area (Å²) in [5.41, 5.74) is 2.71. The highest BCUT2D eigenvalue weighted by atomic mass is 16.5. The molecule has 0 amide bonds. The number of hydrogen-bond acceptors (Lipinski definition) is 3. The van der Waals surface area contributed by atoms with Gasteiger partial charge < -0.3 is 15.0 Å². The van der Waals surface area contributed by atoms with E-state index in [4.69, 9.17) is 4.74 Å². The van der Waals surface area contributed by atoms with Crippen molar-refractivity contribution in [3.63, 3.8) is 0 Å². The molecule has 3 nitrogen and oxygen atoms in total. The fourth-order valence-corrected chi connectivity index (χ4v) is 3.16. The van der Waals surface area contributed by atoms with Crippen molar-refractivity contribution < 1.29 is 4.74 Å². The maximum absolute atomic E-state index is 5.90. The number of nitrogens with zero attached hydrogens (tertiary/aromatic N) is 1. The molecule has 0 spiro atoms. The molecule has 110 valence electrons. The molecule has 20 heavy (non-hydrogen) atoms. The Morgan fingerprint density at radius 1 is 1.15 bits per heavy atom. The standard InChI is InChI=1S/C17H26N2O/c1-13(2)9-18-10-14-3-5-15(6-4-14)19-11-16-7-8-17(12-19)20-16/h3-6,13,16-18H,7-12H2,1-2H3. The van der Waals surface area contributed by atoms with Gasteiger partial charge in [-0.2, -0.15) is 0 Å². The molecule has 2 fully saturated rings. The summed E-state index contributed by atoms with van der Waals surface area (Å²) in [5.74, 6) is 0.707. The number of anilines is 1. The molecule has 3 heteroatoms. The summed E-state index contributed by atoms with van der Waals surface area (Å²) in [6.45, 7) is 8.63. The lowest BCUT2D eigenvalue weighted by atomic mass is 10.1. The maximum atomic E-state index is 5.90. The van der Waals surface area contributed by atoms with Crippen molar-refractivity contribution in [1.29, 1.82) is 0 Å². The average molecular weight is 274 g/mol. The molecule has 0 radical (unpaired) electrons. The summed E-state index contributed by atoms with van der Waals surface area (Å²) in [5, 5.41) is 3.49. The Labute approximate surface area is 122 Å². The van der Waals surface area contributed by atoms with Crippen LogP contribution in [0.2, 0.25) is 0 Å². The Kier molecular flexibility index (Phi) is 4.27. The van der Waals surface area contributed by atoms with Crippen LogP contribution >= 0.6 is 0 Å². The van der Waals surface area contributed by atoms with Gasteiger partial charge in [-0.1, -0.05) is 26.0 Å². The van der Waals surface area contributed by atoms with Crippen LogP contribution in [0.3, 0.4) is 0 Å². The molecular formula is C17H26N2O. The van der Waals surface area contributed by atoms with Crippen LogP contribution in [-0.2, 0) is 11.3 Å². The third-order valence-electron chi connectivity index (χ3n) is 4.23. The largest absolute Gasteiger partial charge is 0.371 e. The smallest absolute Gasteiger partial charge is 0.0755 e. The van der Waals surface area contributed by atoms with E-state index < -0.39 is 0 Å². The second kappa shape index (κ2) is 6.15. The third kappa shape index (κ3) is 3.33. The molecule has 2 aliphatic rings. The summed E-state index contributed by atoms with van der Waals surface area (Å²) in [6, 6.07) is 9.02. The van der Waals surface area contributed by atoms with Gasteiger partial charge in [0, 0.05) is 25.3 Å². The van der Waals surface area contributed by atoms with Crippen LogP contribution in [0.1, 0.15) is 32.3 Å². The molecule has 1 N–H and O–H groups in total. The predicted octanol–water partition coefficient (Wildman–Crippen LogP) is 2.80. The number of morpholine rings is 1. The number of fused-ring (bicyclic) bond motifs is 2. The molecule has 2 unspecified atom stereocenters. The van der Waals surface area contributed by atoms with Crippen molar-refractivity contribution in [2.45, 2.75) is 45.4 Å². The zero-order chi connectivity index (χ0) is 13.9. The van der Waals surface area contributed by atoms with Crippen LogP contribution in [0.5, 0.6) is 0 Å². The number of rotatable bonds is 5. The summed E-state index contributed by atoms with van der Waals surface area (Å²) >= 11 is 0. The Bertz CT molecular complexity index is 417. The van der Waals surface area contributed by atoms with E-state index in [1.165, 1.54) is 24.1 Å². The first-order chi connectivity index (χ1) is 9.70. The van der Waals surface area contributed by atoms with Gasteiger partial charge in [0.25, 0.3) is 0 Å². The lowest BCUT2D eigenvalue weighted by Gasteiger charge is -2.34. The van der Waals surface area contributed by atoms with Gasteiger partial charge in [-0.15, -0.1) is 0 Å². The fraction of sp³-hybridized carbons (Fsp3) is 0.647. The topological polar surface area (TPSA) is 24.5 Å². The predicted molar refractivity (Wildman–Crippen MR) is 83.1 cm³/mol. The normalized spacial score (nSPS) is 25.4. The van der Waals surface area contributed by atoms with E-state index in [2.05, 4.69) is 48.3 Å². The SMILES string of the molecule is CC(C)CNCc1ccc(N2CC3CCC(C2)O3)cc1. The Balaban J connectivity index is 1.56. The van der Waals surface area contributed by atoms with Crippen molar-refractivity contribution in [1.82, 2.24) is 5.32 Å². The Morgan fingerprint density at radius 3 is 2.40 bits per heavy atom. The zero-order valence-corrected chi connectivity index (χ0v) is 12.6. The van der Waals surface area contributed by atoms with Crippen LogP contribution in [0.25, 0.3) is 0 Å². The molecule has 2 saturated heterocycles. The van der Waals surface area contributed by atoms with Crippen molar-refractivity contribution in [2.24, 2.45) is 5.92 Å². The van der Waals surface area contributed by atoms with Crippen LogP contribution in [-0.4, -0.2) is 31.8 Å². The van der Waals surface area contributed by atoms with Gasteiger partial charge in [0.05, 0.1) is 12.2 Å². The van der Waals surface area contributed by atoms with Gasteiger partial charge in [0.1, 0.15) is 0 Å². The van der Waals surface area contributed by atoms with Crippen molar-refractivity contribution >= 4 is 5.69 Å². The summed E-state index contributed by atoms with van der Waals surface area (Å²) in [7, 11) is 0. The molecule has 2 bridgehead atoms. The molecule has 0 saturated carbocycles. The van der Waals surface area contributed by atoms with E-state index in [0.29, 0.717) is 18.1 Å². The summed E-state index contributed by atoms with van der Waals surface area (Å²) < 4.78 is 5.90. The van der Waals surface area contributed by atoms with Gasteiger partial charge in [-0.05, 0) is 43.0 Å². The summed E-state index contributed by atoms with van der Waals surface area (Å²) in [4.78, 5) is 2.48. The van der Waals surface area contributed by atoms with Gasteiger partial charge in [0.2, 0.25) is 0 Å². The van der Waals surface area contributed by atoms with E-state index in [0.717, 1.165) is 26.2 Å². The zero-order valence-electron chi connectivity index (χ0n) is 12.6. The lowest BCUT2D eigenvalue weighted by molar-refractivity contribution is 0.0305. The number of nitrogens with one attached hydrogen (secondary N) is 1. The number of benzene rings is 1. The average Bonchev–Trinajstić information content (AvgIpc) is 2.78. The minimum atomic E-state index is 0.459. The molecule has 2 aliphatic heterocycles. The molecule has 1 aromatic carbocycles. The molecule has 1 aromatic rings. The van der Waals surface area contributed by atoms with E-state index in [9.17, 15) is 0 Å². The molecule has 0 aliphatic carbocycles. The van der Waals surface area contributed by atoms with Gasteiger partial charge >= 0.3 is 0 Å². The highest BCUT2D eigenvalue weighted by Crippen LogP contribution is 2.29. The van der Waals surface area contributed by atoms with Gasteiger partial charge in [-0.3, -0.25) is 0 Å². The van der Waals surface area contributed by atoms with E-state index >= 15 is 0 Å². The first-order valence-electron chi connectivity index (χ1n) is 7.91. The fourth-order valence-electron chi connectivity index (χ4n) is 3.16. The third-order valence-corrected chi connectivity index (χ3v) is 4.23. The van der Waals surface area contributed by atoms with Crippen LogP contribution < -0.4 is 10.2 Å². The van der Waals surface area contributed by atoms with Gasteiger partial charge in [0.15, 0.2) is 0 Å². The lowest BCUT2D eigenvalue weighted by Crippen LogP contribution is -2.42.